The lowest BCUT2D eigenvalue weighted by atomic mass is 9.98. The number of fused-ring (bicyclic) bond motifs is 1. The van der Waals surface area contributed by atoms with Gasteiger partial charge in [-0.2, -0.15) is 0 Å². The van der Waals surface area contributed by atoms with Crippen molar-refractivity contribution in [1.29, 1.82) is 0 Å². The van der Waals surface area contributed by atoms with E-state index < -0.39 is 5.97 Å². The van der Waals surface area contributed by atoms with E-state index in [1.807, 2.05) is 19.9 Å². The Labute approximate surface area is 163 Å². The van der Waals surface area contributed by atoms with Crippen molar-refractivity contribution in [3.63, 3.8) is 0 Å². The molecule has 0 fully saturated rings. The van der Waals surface area contributed by atoms with Crippen LogP contribution in [0.3, 0.4) is 0 Å². The van der Waals surface area contributed by atoms with Gasteiger partial charge < -0.3 is 15.0 Å². The summed E-state index contributed by atoms with van der Waals surface area (Å²) < 4.78 is 0. The number of hydrogen-bond acceptors (Lipinski definition) is 3. The number of amides is 2. The zero-order valence-corrected chi connectivity index (χ0v) is 16.6. The molecule has 28 heavy (non-hydrogen) atoms. The molecule has 0 atom stereocenters. The molecule has 2 N–H and O–H groups in total. The number of aromatic nitrogens is 1. The van der Waals surface area contributed by atoms with Crippen LogP contribution in [-0.4, -0.2) is 53.4 Å². The second kappa shape index (κ2) is 6.99. The van der Waals surface area contributed by atoms with Crippen LogP contribution in [0.25, 0.3) is 11.6 Å². The Hall–Kier alpha value is -3.35. The van der Waals surface area contributed by atoms with Crippen molar-refractivity contribution >= 4 is 35.1 Å². The van der Waals surface area contributed by atoms with E-state index in [1.165, 1.54) is 15.9 Å². The van der Waals surface area contributed by atoms with Gasteiger partial charge in [0.2, 0.25) is 5.91 Å². The zero-order chi connectivity index (χ0) is 20.7. The molecule has 7 nitrogen and oxygen atoms in total. The van der Waals surface area contributed by atoms with Gasteiger partial charge in [-0.05, 0) is 56.2 Å². The van der Waals surface area contributed by atoms with Crippen molar-refractivity contribution < 1.29 is 19.5 Å². The van der Waals surface area contributed by atoms with Crippen LogP contribution in [0.5, 0.6) is 0 Å². The molecule has 146 valence electrons. The number of carboxylic acid groups (broad SMARTS) is 1. The summed E-state index contributed by atoms with van der Waals surface area (Å²) in [6, 6.07) is 4.99. The maximum atomic E-state index is 13.2. The van der Waals surface area contributed by atoms with Crippen LogP contribution in [-0.2, 0) is 9.59 Å². The third kappa shape index (κ3) is 3.31. The lowest BCUT2D eigenvalue weighted by Crippen LogP contribution is -2.38. The van der Waals surface area contributed by atoms with Gasteiger partial charge >= 0.3 is 5.97 Å². The molecule has 0 aliphatic carbocycles. The molecule has 1 aliphatic heterocycles. The Morgan fingerprint density at radius 3 is 2.36 bits per heavy atom. The Kier molecular flexibility index (Phi) is 4.85. The number of aromatic amines is 1. The molecule has 7 heteroatoms. The van der Waals surface area contributed by atoms with Gasteiger partial charge in [0.1, 0.15) is 6.54 Å². The highest BCUT2D eigenvalue weighted by molar-refractivity contribution is 6.37. The normalized spacial score (nSPS) is 14.5. The van der Waals surface area contributed by atoms with E-state index in [-0.39, 0.29) is 23.9 Å². The van der Waals surface area contributed by atoms with Crippen molar-refractivity contribution in [3.05, 3.63) is 51.8 Å². The first-order chi connectivity index (χ1) is 13.1. The van der Waals surface area contributed by atoms with Gasteiger partial charge in [0.25, 0.3) is 5.91 Å². The molecule has 2 amide bonds. The molecule has 0 unspecified atom stereocenters. The minimum atomic E-state index is -1.08. The summed E-state index contributed by atoms with van der Waals surface area (Å²) in [5, 5.41) is 9.40. The molecule has 1 aromatic carbocycles. The van der Waals surface area contributed by atoms with Crippen LogP contribution in [0.2, 0.25) is 0 Å². The van der Waals surface area contributed by atoms with Crippen LogP contribution in [0.1, 0.15) is 38.4 Å². The van der Waals surface area contributed by atoms with E-state index in [4.69, 9.17) is 0 Å². The fourth-order valence-electron chi connectivity index (χ4n) is 3.43. The second-order valence-corrected chi connectivity index (χ2v) is 7.28. The highest BCUT2D eigenvalue weighted by Gasteiger charge is 2.36. The third-order valence-electron chi connectivity index (χ3n) is 4.87. The largest absolute Gasteiger partial charge is 0.478 e. The molecular formula is C21H23N3O4. The first kappa shape index (κ1) is 19.4. The Morgan fingerprint density at radius 1 is 1.14 bits per heavy atom. The topological polar surface area (TPSA) is 93.7 Å². The minimum absolute atomic E-state index is 0.0829. The molecule has 0 saturated carbocycles. The van der Waals surface area contributed by atoms with Gasteiger partial charge in [0, 0.05) is 31.0 Å². The fraction of sp³-hybridized carbons (Fsp3) is 0.286. The molecule has 2 heterocycles. The number of benzene rings is 1. The number of carboxylic acids is 1. The lowest BCUT2D eigenvalue weighted by Gasteiger charge is -2.19. The van der Waals surface area contributed by atoms with E-state index in [0.29, 0.717) is 22.4 Å². The smallest absolute Gasteiger partial charge is 0.335 e. The summed E-state index contributed by atoms with van der Waals surface area (Å²) in [6.07, 6.45) is 1.77. The van der Waals surface area contributed by atoms with Crippen molar-refractivity contribution in [2.45, 2.75) is 20.8 Å². The molecule has 0 radical (unpaired) electrons. The van der Waals surface area contributed by atoms with E-state index in [1.54, 1.807) is 33.2 Å². The maximum absolute atomic E-state index is 13.2. The van der Waals surface area contributed by atoms with Gasteiger partial charge in [-0.15, -0.1) is 0 Å². The summed E-state index contributed by atoms with van der Waals surface area (Å²) >= 11 is 0. The summed E-state index contributed by atoms with van der Waals surface area (Å²) in [4.78, 5) is 43.0. The molecule has 3 rings (SSSR count). The van der Waals surface area contributed by atoms with Crippen LogP contribution in [0.15, 0.2) is 18.2 Å². The highest BCUT2D eigenvalue weighted by Crippen LogP contribution is 2.41. The number of anilines is 1. The highest BCUT2D eigenvalue weighted by atomic mass is 16.4. The number of carbonyl (C=O) groups is 3. The summed E-state index contributed by atoms with van der Waals surface area (Å²) in [7, 11) is 3.23. The predicted octanol–water partition coefficient (Wildman–Crippen LogP) is 2.61. The molecule has 1 aromatic heterocycles. The Balaban J connectivity index is 2.20. The number of likely N-dealkylation sites (N-methyl/N-ethyl adjacent to an activating group) is 1. The molecule has 0 spiro atoms. The Bertz CT molecular complexity index is 1030. The van der Waals surface area contributed by atoms with Gasteiger partial charge in [-0.25, -0.2) is 4.79 Å². The van der Waals surface area contributed by atoms with Gasteiger partial charge in [-0.3, -0.25) is 14.5 Å². The summed E-state index contributed by atoms with van der Waals surface area (Å²) in [5.74, 6) is -1.64. The average Bonchev–Trinajstić information content (AvgIpc) is 3.06. The average molecular weight is 381 g/mol. The van der Waals surface area contributed by atoms with E-state index >= 15 is 0 Å². The first-order valence-electron chi connectivity index (χ1n) is 8.88. The number of nitrogens with one attached hydrogen (secondary N) is 1. The quantitative estimate of drug-likeness (QED) is 0.796. The molecule has 0 bridgehead atoms. The van der Waals surface area contributed by atoms with Gasteiger partial charge in [-0.1, -0.05) is 0 Å². The third-order valence-corrected chi connectivity index (χ3v) is 4.87. The van der Waals surface area contributed by atoms with Gasteiger partial charge in [0.15, 0.2) is 0 Å². The van der Waals surface area contributed by atoms with Crippen molar-refractivity contribution in [2.24, 2.45) is 0 Å². The lowest BCUT2D eigenvalue weighted by molar-refractivity contribution is -0.128. The summed E-state index contributed by atoms with van der Waals surface area (Å²) in [6.45, 7) is 5.51. The Morgan fingerprint density at radius 2 is 1.82 bits per heavy atom. The maximum Gasteiger partial charge on any atom is 0.335 e. The number of H-pyrrole nitrogens is 1. The van der Waals surface area contributed by atoms with Crippen LogP contribution < -0.4 is 4.90 Å². The minimum Gasteiger partial charge on any atom is -0.478 e. The van der Waals surface area contributed by atoms with E-state index in [0.717, 1.165) is 17.0 Å². The van der Waals surface area contributed by atoms with E-state index in [2.05, 4.69) is 4.98 Å². The van der Waals surface area contributed by atoms with Crippen LogP contribution in [0, 0.1) is 20.8 Å². The number of hydrogen-bond donors (Lipinski definition) is 2. The van der Waals surface area contributed by atoms with Gasteiger partial charge in [0.05, 0.1) is 16.8 Å². The number of nitrogens with zero attached hydrogens (tertiary/aromatic N) is 2. The zero-order valence-electron chi connectivity index (χ0n) is 16.6. The fourth-order valence-corrected chi connectivity index (χ4v) is 3.43. The SMILES string of the molecule is Cc1cc(C)c(/C=C2\C(=O)N(CC(=O)N(C)C)c3cc(C(=O)O)cc(C)c32)[nH]1. The van der Waals surface area contributed by atoms with Crippen molar-refractivity contribution in [1.82, 2.24) is 9.88 Å². The first-order valence-corrected chi connectivity index (χ1v) is 8.88. The predicted molar refractivity (Wildman–Crippen MR) is 107 cm³/mol. The van der Waals surface area contributed by atoms with Crippen LogP contribution in [0.4, 0.5) is 5.69 Å². The van der Waals surface area contributed by atoms with Crippen molar-refractivity contribution in [3.8, 4) is 0 Å². The monoisotopic (exact) mass is 381 g/mol. The van der Waals surface area contributed by atoms with E-state index in [9.17, 15) is 19.5 Å². The molecule has 1 aliphatic rings. The standard InChI is InChI=1S/C21H23N3O4/c1-11-6-13(3)22-16(11)9-15-19-12(2)7-14(21(27)28)8-17(19)24(20(15)26)10-18(25)23(4)5/h6-9,22H,10H2,1-5H3,(H,27,28)/b15-9-. The molecule has 0 saturated heterocycles. The van der Waals surface area contributed by atoms with Crippen LogP contribution >= 0.6 is 0 Å². The second-order valence-electron chi connectivity index (χ2n) is 7.28. The number of aromatic carboxylic acids is 1. The summed E-state index contributed by atoms with van der Waals surface area (Å²) in [5.41, 5.74) is 5.11. The number of rotatable bonds is 4. The number of carbonyl (C=O) groups excluding carboxylic acids is 2. The number of aryl methyl sites for hydroxylation is 3. The molecular weight excluding hydrogens is 358 g/mol. The molecule has 2 aromatic rings. The van der Waals surface area contributed by atoms with Crippen molar-refractivity contribution in [2.75, 3.05) is 25.5 Å².